The number of esters is 1. The Hall–Kier alpha value is -3.29. The molecule has 2 amide bonds. The van der Waals surface area contributed by atoms with Gasteiger partial charge in [0.15, 0.2) is 6.61 Å². The molecule has 8 heteroatoms. The van der Waals surface area contributed by atoms with Crippen LogP contribution in [0.25, 0.3) is 0 Å². The van der Waals surface area contributed by atoms with Gasteiger partial charge in [-0.15, -0.1) is 0 Å². The van der Waals surface area contributed by atoms with Gasteiger partial charge >= 0.3 is 5.97 Å². The van der Waals surface area contributed by atoms with Crippen LogP contribution in [-0.2, 0) is 9.53 Å². The number of rotatable bonds is 6. The molecule has 0 heterocycles. The molecule has 0 radical (unpaired) electrons. The summed E-state index contributed by atoms with van der Waals surface area (Å²) in [5, 5.41) is 5.09. The van der Waals surface area contributed by atoms with Crippen molar-refractivity contribution >= 4 is 23.5 Å². The average molecular weight is 362 g/mol. The number of halogens is 2. The molecule has 2 aromatic rings. The lowest BCUT2D eigenvalue weighted by Crippen LogP contribution is -2.23. The second-order valence-electron chi connectivity index (χ2n) is 5.19. The maximum atomic E-state index is 13.5. The molecule has 6 nitrogen and oxygen atoms in total. The smallest absolute Gasteiger partial charge is 0.341 e. The number of nitrogens with one attached hydrogen (secondary N) is 2. The topological polar surface area (TPSA) is 84.5 Å². The third kappa shape index (κ3) is 5.10. The van der Waals surface area contributed by atoms with Crippen molar-refractivity contribution in [3.63, 3.8) is 0 Å². The van der Waals surface area contributed by atoms with E-state index < -0.39 is 35.7 Å². The minimum absolute atomic E-state index is 0.290. The summed E-state index contributed by atoms with van der Waals surface area (Å²) in [5.74, 6) is -3.96. The second-order valence-corrected chi connectivity index (χ2v) is 5.19. The summed E-state index contributed by atoms with van der Waals surface area (Å²) < 4.78 is 31.0. The van der Waals surface area contributed by atoms with Crippen LogP contribution in [0.15, 0.2) is 42.5 Å². The van der Waals surface area contributed by atoms with Crippen LogP contribution >= 0.6 is 0 Å². The van der Waals surface area contributed by atoms with Gasteiger partial charge in [-0.05, 0) is 37.3 Å². The maximum absolute atomic E-state index is 13.5. The van der Waals surface area contributed by atoms with E-state index in [1.807, 2.05) is 0 Å². The van der Waals surface area contributed by atoms with Crippen LogP contribution in [0.1, 0.15) is 27.6 Å². The highest BCUT2D eigenvalue weighted by molar-refractivity contribution is 5.98. The Morgan fingerprint density at radius 3 is 2.54 bits per heavy atom. The Kier molecular flexibility index (Phi) is 6.37. The molecule has 0 bridgehead atoms. The zero-order chi connectivity index (χ0) is 19.1. The third-order valence-corrected chi connectivity index (χ3v) is 3.23. The Morgan fingerprint density at radius 1 is 1.08 bits per heavy atom. The number of amides is 2. The number of anilines is 1. The SMILES string of the molecule is CCNC(=O)c1cccc(NC(=O)COC(=O)c2ccc(F)cc2F)c1. The van der Waals surface area contributed by atoms with Gasteiger partial charge in [0.1, 0.15) is 11.6 Å². The van der Waals surface area contributed by atoms with Gasteiger partial charge in [0.25, 0.3) is 11.8 Å². The monoisotopic (exact) mass is 362 g/mol. The van der Waals surface area contributed by atoms with Crippen LogP contribution in [0.2, 0.25) is 0 Å². The van der Waals surface area contributed by atoms with Crippen LogP contribution in [0, 0.1) is 11.6 Å². The molecule has 0 aliphatic heterocycles. The summed E-state index contributed by atoms with van der Waals surface area (Å²) in [7, 11) is 0. The van der Waals surface area contributed by atoms with Crippen LogP contribution in [0.4, 0.5) is 14.5 Å². The highest BCUT2D eigenvalue weighted by Gasteiger charge is 2.16. The minimum atomic E-state index is -1.09. The molecule has 0 saturated carbocycles. The lowest BCUT2D eigenvalue weighted by atomic mass is 10.2. The quantitative estimate of drug-likeness (QED) is 0.774. The van der Waals surface area contributed by atoms with E-state index in [-0.39, 0.29) is 5.91 Å². The predicted octanol–water partition coefficient (Wildman–Crippen LogP) is 2.51. The van der Waals surface area contributed by atoms with Gasteiger partial charge in [0, 0.05) is 23.9 Å². The van der Waals surface area contributed by atoms with E-state index in [0.29, 0.717) is 23.9 Å². The lowest BCUT2D eigenvalue weighted by molar-refractivity contribution is -0.119. The molecule has 0 unspecified atom stereocenters. The second kappa shape index (κ2) is 8.70. The van der Waals surface area contributed by atoms with E-state index in [0.717, 1.165) is 12.1 Å². The van der Waals surface area contributed by atoms with Gasteiger partial charge in [-0.3, -0.25) is 9.59 Å². The predicted molar refractivity (Wildman–Crippen MR) is 89.7 cm³/mol. The summed E-state index contributed by atoms with van der Waals surface area (Å²) in [6.45, 7) is 1.58. The fourth-order valence-electron chi connectivity index (χ4n) is 2.06. The van der Waals surface area contributed by atoms with Crippen LogP contribution in [-0.4, -0.2) is 30.9 Å². The molecular weight excluding hydrogens is 346 g/mol. The fraction of sp³-hybridized carbons (Fsp3) is 0.167. The molecule has 0 fully saturated rings. The van der Waals surface area contributed by atoms with Crippen molar-refractivity contribution in [2.45, 2.75) is 6.92 Å². The summed E-state index contributed by atoms with van der Waals surface area (Å²) in [6, 6.07) is 8.57. The van der Waals surface area contributed by atoms with Crippen molar-refractivity contribution in [1.29, 1.82) is 0 Å². The van der Waals surface area contributed by atoms with E-state index in [2.05, 4.69) is 10.6 Å². The first-order chi connectivity index (χ1) is 12.4. The normalized spacial score (nSPS) is 10.1. The van der Waals surface area contributed by atoms with E-state index in [1.165, 1.54) is 6.07 Å². The number of carbonyl (C=O) groups is 3. The van der Waals surface area contributed by atoms with Crippen molar-refractivity contribution < 1.29 is 27.9 Å². The number of carbonyl (C=O) groups excluding carboxylic acids is 3. The van der Waals surface area contributed by atoms with E-state index in [1.54, 1.807) is 25.1 Å². The first kappa shape index (κ1) is 19.0. The lowest BCUT2D eigenvalue weighted by Gasteiger charge is -2.08. The van der Waals surface area contributed by atoms with Gasteiger partial charge in [-0.1, -0.05) is 6.07 Å². The molecule has 26 heavy (non-hydrogen) atoms. The standard InChI is InChI=1S/C18H16F2N2O4/c1-2-21-17(24)11-4-3-5-13(8-11)22-16(23)10-26-18(25)14-7-6-12(19)9-15(14)20/h3-9H,2,10H2,1H3,(H,21,24)(H,22,23). The molecule has 2 N–H and O–H groups in total. The number of ether oxygens (including phenoxy) is 1. The molecule has 0 saturated heterocycles. The molecule has 2 rings (SSSR count). The summed E-state index contributed by atoms with van der Waals surface area (Å²) in [6.07, 6.45) is 0. The molecular formula is C18H16F2N2O4. The number of benzene rings is 2. The average Bonchev–Trinajstić information content (AvgIpc) is 2.60. The van der Waals surface area contributed by atoms with Crippen molar-refractivity contribution in [2.75, 3.05) is 18.5 Å². The highest BCUT2D eigenvalue weighted by atomic mass is 19.1. The molecule has 0 aliphatic carbocycles. The minimum Gasteiger partial charge on any atom is -0.452 e. The van der Waals surface area contributed by atoms with E-state index in [9.17, 15) is 23.2 Å². The Labute approximate surface area is 148 Å². The fourth-order valence-corrected chi connectivity index (χ4v) is 2.06. The van der Waals surface area contributed by atoms with Crippen molar-refractivity contribution in [3.8, 4) is 0 Å². The summed E-state index contributed by atoms with van der Waals surface area (Å²) in [4.78, 5) is 35.3. The molecule has 0 aromatic heterocycles. The third-order valence-electron chi connectivity index (χ3n) is 3.23. The van der Waals surface area contributed by atoms with Gasteiger partial charge in [0.05, 0.1) is 5.56 Å². The van der Waals surface area contributed by atoms with Crippen LogP contribution in [0.5, 0.6) is 0 Å². The Bertz CT molecular complexity index is 840. The maximum Gasteiger partial charge on any atom is 0.341 e. The zero-order valence-corrected chi connectivity index (χ0v) is 13.8. The van der Waals surface area contributed by atoms with Gasteiger partial charge in [0.2, 0.25) is 0 Å². The molecule has 0 atom stereocenters. The van der Waals surface area contributed by atoms with E-state index >= 15 is 0 Å². The summed E-state index contributed by atoms with van der Waals surface area (Å²) >= 11 is 0. The van der Waals surface area contributed by atoms with Gasteiger partial charge in [-0.2, -0.15) is 0 Å². The van der Waals surface area contributed by atoms with Gasteiger partial charge in [-0.25, -0.2) is 13.6 Å². The van der Waals surface area contributed by atoms with Crippen molar-refractivity contribution in [1.82, 2.24) is 5.32 Å². The first-order valence-electron chi connectivity index (χ1n) is 7.71. The zero-order valence-electron chi connectivity index (χ0n) is 13.8. The Balaban J connectivity index is 1.93. The van der Waals surface area contributed by atoms with Crippen molar-refractivity contribution in [2.24, 2.45) is 0 Å². The molecule has 0 spiro atoms. The first-order valence-corrected chi connectivity index (χ1v) is 7.71. The van der Waals surface area contributed by atoms with Crippen LogP contribution < -0.4 is 10.6 Å². The molecule has 136 valence electrons. The van der Waals surface area contributed by atoms with Gasteiger partial charge < -0.3 is 15.4 Å². The van der Waals surface area contributed by atoms with E-state index in [4.69, 9.17) is 4.74 Å². The summed E-state index contributed by atoms with van der Waals surface area (Å²) in [5.41, 5.74) is 0.218. The number of hydrogen-bond acceptors (Lipinski definition) is 4. The Morgan fingerprint density at radius 2 is 1.85 bits per heavy atom. The number of hydrogen-bond donors (Lipinski definition) is 2. The van der Waals surface area contributed by atoms with Crippen LogP contribution in [0.3, 0.4) is 0 Å². The highest BCUT2D eigenvalue weighted by Crippen LogP contribution is 2.12. The van der Waals surface area contributed by atoms with Crippen molar-refractivity contribution in [3.05, 3.63) is 65.2 Å². The largest absolute Gasteiger partial charge is 0.452 e. The molecule has 2 aromatic carbocycles. The molecule has 0 aliphatic rings.